The summed E-state index contributed by atoms with van der Waals surface area (Å²) in [4.78, 5) is 18.7. The quantitative estimate of drug-likeness (QED) is 0.688. The Morgan fingerprint density at radius 2 is 2.00 bits per heavy atom. The van der Waals surface area contributed by atoms with Crippen LogP contribution in [0.25, 0.3) is 10.9 Å². The number of nitrogens with one attached hydrogen (secondary N) is 1. The van der Waals surface area contributed by atoms with E-state index in [0.29, 0.717) is 24.5 Å². The summed E-state index contributed by atoms with van der Waals surface area (Å²) in [6.45, 7) is 7.00. The van der Waals surface area contributed by atoms with Gasteiger partial charge in [-0.1, -0.05) is 18.6 Å². The van der Waals surface area contributed by atoms with Crippen molar-refractivity contribution in [2.24, 2.45) is 0 Å². The SMILES string of the molecule is COCCn1nnnc1C(c1cc2ccc(C)c(C)c2[nH]c1=O)N1CCCCC1. The molecule has 3 heterocycles. The fraction of sp³-hybridized carbons (Fsp3) is 0.524. The number of pyridine rings is 1. The lowest BCUT2D eigenvalue weighted by Gasteiger charge is -2.33. The van der Waals surface area contributed by atoms with Gasteiger partial charge in [0.1, 0.15) is 6.04 Å². The number of rotatable bonds is 6. The van der Waals surface area contributed by atoms with E-state index in [1.54, 1.807) is 11.8 Å². The summed E-state index contributed by atoms with van der Waals surface area (Å²) in [6.07, 6.45) is 3.43. The van der Waals surface area contributed by atoms with Gasteiger partial charge >= 0.3 is 0 Å². The number of likely N-dealkylation sites (tertiary alicyclic amines) is 1. The number of fused-ring (bicyclic) bond motifs is 1. The third kappa shape index (κ3) is 3.82. The zero-order chi connectivity index (χ0) is 20.4. The van der Waals surface area contributed by atoms with E-state index in [2.05, 4.69) is 44.5 Å². The van der Waals surface area contributed by atoms with Crippen LogP contribution in [0.3, 0.4) is 0 Å². The fourth-order valence-electron chi connectivity index (χ4n) is 4.16. The van der Waals surface area contributed by atoms with Crippen LogP contribution in [0.15, 0.2) is 23.0 Å². The number of ether oxygens (including phenoxy) is 1. The molecule has 1 unspecified atom stereocenters. The molecule has 154 valence electrons. The van der Waals surface area contributed by atoms with Gasteiger partial charge < -0.3 is 9.72 Å². The number of H-pyrrole nitrogens is 1. The van der Waals surface area contributed by atoms with Gasteiger partial charge in [-0.15, -0.1) is 5.10 Å². The molecule has 8 nitrogen and oxygen atoms in total. The lowest BCUT2D eigenvalue weighted by molar-refractivity contribution is 0.163. The molecular formula is C21H28N6O2. The summed E-state index contributed by atoms with van der Waals surface area (Å²) in [5, 5.41) is 13.4. The van der Waals surface area contributed by atoms with Crippen LogP contribution in [0.5, 0.6) is 0 Å². The fourth-order valence-corrected chi connectivity index (χ4v) is 4.16. The molecule has 1 aromatic carbocycles. The zero-order valence-electron chi connectivity index (χ0n) is 17.3. The maximum Gasteiger partial charge on any atom is 0.253 e. The van der Waals surface area contributed by atoms with Gasteiger partial charge in [-0.3, -0.25) is 9.69 Å². The van der Waals surface area contributed by atoms with Crippen LogP contribution in [-0.2, 0) is 11.3 Å². The van der Waals surface area contributed by atoms with E-state index >= 15 is 0 Å². The Hall–Kier alpha value is -2.58. The second-order valence-corrected chi connectivity index (χ2v) is 7.78. The van der Waals surface area contributed by atoms with E-state index in [0.717, 1.165) is 48.0 Å². The Balaban J connectivity index is 1.85. The largest absolute Gasteiger partial charge is 0.383 e. The molecule has 0 spiro atoms. The molecule has 1 fully saturated rings. The first kappa shape index (κ1) is 19.7. The molecule has 8 heteroatoms. The van der Waals surface area contributed by atoms with Crippen LogP contribution in [0.2, 0.25) is 0 Å². The number of aromatic amines is 1. The average molecular weight is 396 g/mol. The van der Waals surface area contributed by atoms with Crippen LogP contribution >= 0.6 is 0 Å². The van der Waals surface area contributed by atoms with Crippen LogP contribution < -0.4 is 5.56 Å². The summed E-state index contributed by atoms with van der Waals surface area (Å²) in [5.41, 5.74) is 3.77. The first-order chi connectivity index (χ1) is 14.1. The number of tetrazole rings is 1. The van der Waals surface area contributed by atoms with Crippen molar-refractivity contribution in [1.29, 1.82) is 0 Å². The Labute approximate surface area is 169 Å². The molecule has 1 saturated heterocycles. The molecule has 4 rings (SSSR count). The maximum atomic E-state index is 13.2. The molecule has 2 aromatic heterocycles. The topological polar surface area (TPSA) is 88.9 Å². The second-order valence-electron chi connectivity index (χ2n) is 7.78. The Bertz CT molecular complexity index is 1050. The van der Waals surface area contributed by atoms with Crippen molar-refractivity contribution in [3.05, 3.63) is 51.1 Å². The number of methoxy groups -OCH3 is 1. The monoisotopic (exact) mass is 396 g/mol. The van der Waals surface area contributed by atoms with Crippen molar-refractivity contribution in [2.45, 2.75) is 45.7 Å². The van der Waals surface area contributed by atoms with E-state index in [4.69, 9.17) is 4.74 Å². The Kier molecular flexibility index (Phi) is 5.73. The van der Waals surface area contributed by atoms with Gasteiger partial charge in [-0.25, -0.2) is 4.68 Å². The molecular weight excluding hydrogens is 368 g/mol. The number of nitrogens with zero attached hydrogens (tertiary/aromatic N) is 5. The first-order valence-corrected chi connectivity index (χ1v) is 10.2. The highest BCUT2D eigenvalue weighted by molar-refractivity contribution is 5.83. The van der Waals surface area contributed by atoms with Gasteiger partial charge in [0.15, 0.2) is 5.82 Å². The molecule has 1 N–H and O–H groups in total. The molecule has 0 amide bonds. The molecule has 0 bridgehead atoms. The summed E-state index contributed by atoms with van der Waals surface area (Å²) in [6, 6.07) is 5.89. The molecule has 0 radical (unpaired) electrons. The Morgan fingerprint density at radius 1 is 1.21 bits per heavy atom. The number of aromatic nitrogens is 5. The van der Waals surface area contributed by atoms with Gasteiger partial charge in [-0.05, 0) is 72.8 Å². The summed E-state index contributed by atoms with van der Waals surface area (Å²) in [7, 11) is 1.66. The number of hydrogen-bond donors (Lipinski definition) is 1. The van der Waals surface area contributed by atoms with Crippen LogP contribution in [-0.4, -0.2) is 56.9 Å². The van der Waals surface area contributed by atoms with Crippen molar-refractivity contribution in [3.8, 4) is 0 Å². The minimum absolute atomic E-state index is 0.0805. The number of aryl methyl sites for hydroxylation is 2. The highest BCUT2D eigenvalue weighted by Crippen LogP contribution is 2.30. The van der Waals surface area contributed by atoms with Crippen molar-refractivity contribution >= 4 is 10.9 Å². The average Bonchev–Trinajstić information content (AvgIpc) is 3.19. The first-order valence-electron chi connectivity index (χ1n) is 10.2. The van der Waals surface area contributed by atoms with Gasteiger partial charge in [0.05, 0.1) is 18.7 Å². The van der Waals surface area contributed by atoms with Crippen LogP contribution in [0.4, 0.5) is 0 Å². The molecule has 1 aliphatic heterocycles. The molecule has 0 aliphatic carbocycles. The highest BCUT2D eigenvalue weighted by atomic mass is 16.5. The third-order valence-corrected chi connectivity index (χ3v) is 5.94. The number of hydrogen-bond acceptors (Lipinski definition) is 6. The molecule has 1 atom stereocenters. The number of piperidine rings is 1. The molecule has 29 heavy (non-hydrogen) atoms. The van der Waals surface area contributed by atoms with Crippen LogP contribution in [0.1, 0.15) is 47.8 Å². The summed E-state index contributed by atoms with van der Waals surface area (Å²) in [5.74, 6) is 0.692. The molecule has 1 aliphatic rings. The normalized spacial score (nSPS) is 16.4. The van der Waals surface area contributed by atoms with Gasteiger partial charge in [0.25, 0.3) is 5.56 Å². The maximum absolute atomic E-state index is 13.2. The van der Waals surface area contributed by atoms with Crippen molar-refractivity contribution < 1.29 is 4.74 Å². The minimum atomic E-state index is -0.281. The third-order valence-electron chi connectivity index (χ3n) is 5.94. The van der Waals surface area contributed by atoms with E-state index in [1.165, 1.54) is 6.42 Å². The summed E-state index contributed by atoms with van der Waals surface area (Å²) < 4.78 is 6.97. The van der Waals surface area contributed by atoms with Gasteiger partial charge in [0.2, 0.25) is 0 Å². The molecule has 0 saturated carbocycles. The van der Waals surface area contributed by atoms with Crippen molar-refractivity contribution in [1.82, 2.24) is 30.1 Å². The number of benzene rings is 1. The second kappa shape index (κ2) is 8.42. The smallest absolute Gasteiger partial charge is 0.253 e. The van der Waals surface area contributed by atoms with E-state index < -0.39 is 0 Å². The van der Waals surface area contributed by atoms with E-state index in [-0.39, 0.29) is 11.6 Å². The standard InChI is InChI=1S/C21H28N6O2/c1-14-7-8-16-13-17(21(28)22-18(16)15(14)2)19(26-9-5-4-6-10-26)20-23-24-25-27(20)11-12-29-3/h7-8,13,19H,4-6,9-12H2,1-3H3,(H,22,28). The Morgan fingerprint density at radius 3 is 2.76 bits per heavy atom. The van der Waals surface area contributed by atoms with Crippen molar-refractivity contribution in [2.75, 3.05) is 26.8 Å². The van der Waals surface area contributed by atoms with Crippen molar-refractivity contribution in [3.63, 3.8) is 0 Å². The molecule has 3 aromatic rings. The van der Waals surface area contributed by atoms with E-state index in [9.17, 15) is 4.79 Å². The summed E-state index contributed by atoms with van der Waals surface area (Å²) >= 11 is 0. The zero-order valence-corrected chi connectivity index (χ0v) is 17.3. The van der Waals surface area contributed by atoms with E-state index in [1.807, 2.05) is 13.0 Å². The highest BCUT2D eigenvalue weighted by Gasteiger charge is 2.31. The lowest BCUT2D eigenvalue weighted by atomic mass is 9.98. The minimum Gasteiger partial charge on any atom is -0.383 e. The predicted molar refractivity (Wildman–Crippen MR) is 111 cm³/mol. The van der Waals surface area contributed by atoms with Crippen LogP contribution in [0, 0.1) is 13.8 Å². The predicted octanol–water partition coefficient (Wildman–Crippen LogP) is 2.35. The lowest BCUT2D eigenvalue weighted by Crippen LogP contribution is -2.38. The van der Waals surface area contributed by atoms with Gasteiger partial charge in [-0.2, -0.15) is 0 Å². The van der Waals surface area contributed by atoms with Gasteiger partial charge in [0, 0.05) is 12.7 Å².